The van der Waals surface area contributed by atoms with Crippen LogP contribution in [0.25, 0.3) is 0 Å². The molecular formula is C20H34N4O4S. The highest BCUT2D eigenvalue weighted by Gasteiger charge is 2.31. The molecule has 0 bridgehead atoms. The van der Waals surface area contributed by atoms with Crippen molar-refractivity contribution in [3.05, 3.63) is 11.9 Å². The molecule has 0 radical (unpaired) electrons. The summed E-state index contributed by atoms with van der Waals surface area (Å²) in [5.41, 5.74) is 0.817. The van der Waals surface area contributed by atoms with Crippen molar-refractivity contribution < 1.29 is 17.9 Å². The molecule has 1 aromatic rings. The number of carbonyl (C=O) groups is 1. The highest BCUT2D eigenvalue weighted by Crippen LogP contribution is 2.27. The van der Waals surface area contributed by atoms with E-state index in [9.17, 15) is 13.2 Å². The maximum Gasteiger partial charge on any atom is 0.237 e. The van der Waals surface area contributed by atoms with Crippen molar-refractivity contribution in [2.24, 2.45) is 5.92 Å². The van der Waals surface area contributed by atoms with Gasteiger partial charge in [-0.05, 0) is 25.2 Å². The molecule has 29 heavy (non-hydrogen) atoms. The standard InChI is InChI=1S/C20H34N4O4S/c1-3-18-19(25)21-9-10-23(18)14-17-13-22-20(24(17)11-12-28-2)29(26,27)15-16-7-5-4-6-8-16/h13,16,18H,3-12,14-15H2,1-2H3,(H,21,25)/t18-/m0/s1. The zero-order valence-electron chi connectivity index (χ0n) is 17.6. The monoisotopic (exact) mass is 426 g/mol. The van der Waals surface area contributed by atoms with Gasteiger partial charge in [-0.15, -0.1) is 0 Å². The van der Waals surface area contributed by atoms with Gasteiger partial charge in [0.15, 0.2) is 0 Å². The molecule has 0 aromatic carbocycles. The van der Waals surface area contributed by atoms with E-state index in [1.165, 1.54) is 6.42 Å². The molecule has 0 spiro atoms. The maximum atomic E-state index is 13.2. The molecule has 1 atom stereocenters. The van der Waals surface area contributed by atoms with Gasteiger partial charge in [0.25, 0.3) is 0 Å². The van der Waals surface area contributed by atoms with Gasteiger partial charge in [0.05, 0.1) is 30.3 Å². The van der Waals surface area contributed by atoms with Crippen LogP contribution in [0.3, 0.4) is 0 Å². The van der Waals surface area contributed by atoms with E-state index in [1.807, 2.05) is 6.92 Å². The van der Waals surface area contributed by atoms with Crippen LogP contribution >= 0.6 is 0 Å². The fourth-order valence-corrected chi connectivity index (χ4v) is 6.39. The Kier molecular flexibility index (Phi) is 7.70. The van der Waals surface area contributed by atoms with E-state index >= 15 is 0 Å². The molecule has 1 aromatic heterocycles. The van der Waals surface area contributed by atoms with Crippen molar-refractivity contribution >= 4 is 15.7 Å². The van der Waals surface area contributed by atoms with Crippen LogP contribution in [-0.4, -0.2) is 67.4 Å². The number of piperazine rings is 1. The lowest BCUT2D eigenvalue weighted by Crippen LogP contribution is -2.54. The van der Waals surface area contributed by atoms with Crippen LogP contribution in [-0.2, 0) is 32.5 Å². The quantitative estimate of drug-likeness (QED) is 0.645. The molecular weight excluding hydrogens is 392 g/mol. The minimum absolute atomic E-state index is 0.0341. The first-order valence-corrected chi connectivity index (χ1v) is 12.4. The van der Waals surface area contributed by atoms with Crippen molar-refractivity contribution in [1.29, 1.82) is 0 Å². The summed E-state index contributed by atoms with van der Waals surface area (Å²) in [6, 6.07) is -0.197. The summed E-state index contributed by atoms with van der Waals surface area (Å²) >= 11 is 0. The number of nitrogens with zero attached hydrogens (tertiary/aromatic N) is 3. The number of nitrogens with one attached hydrogen (secondary N) is 1. The Morgan fingerprint density at radius 2 is 2.03 bits per heavy atom. The van der Waals surface area contributed by atoms with Crippen molar-refractivity contribution in [3.63, 3.8) is 0 Å². The third-order valence-corrected chi connectivity index (χ3v) is 7.86. The average Bonchev–Trinajstić information content (AvgIpc) is 3.10. The Hall–Kier alpha value is -1.45. The summed E-state index contributed by atoms with van der Waals surface area (Å²) in [6.45, 7) is 4.68. The smallest absolute Gasteiger partial charge is 0.237 e. The zero-order chi connectivity index (χ0) is 20.9. The van der Waals surface area contributed by atoms with Crippen molar-refractivity contribution in [1.82, 2.24) is 19.8 Å². The molecule has 1 N–H and O–H groups in total. The van der Waals surface area contributed by atoms with E-state index in [1.54, 1.807) is 17.9 Å². The number of carbonyl (C=O) groups excluding carboxylic acids is 1. The summed E-state index contributed by atoms with van der Waals surface area (Å²) in [7, 11) is -1.87. The molecule has 0 unspecified atom stereocenters. The first-order chi connectivity index (χ1) is 14.0. The lowest BCUT2D eigenvalue weighted by molar-refractivity contribution is -0.129. The fraction of sp³-hybridized carbons (Fsp3) is 0.800. The Morgan fingerprint density at radius 1 is 1.28 bits per heavy atom. The molecule has 1 saturated heterocycles. The van der Waals surface area contributed by atoms with Gasteiger partial charge in [-0.3, -0.25) is 9.69 Å². The molecule has 2 heterocycles. The number of rotatable bonds is 9. The van der Waals surface area contributed by atoms with Gasteiger partial charge in [-0.2, -0.15) is 0 Å². The van der Waals surface area contributed by atoms with Crippen molar-refractivity contribution in [2.75, 3.05) is 32.6 Å². The maximum absolute atomic E-state index is 13.2. The first kappa shape index (κ1) is 22.2. The van der Waals surface area contributed by atoms with E-state index in [0.717, 1.165) is 37.9 Å². The fourth-order valence-electron chi connectivity index (χ4n) is 4.53. The van der Waals surface area contributed by atoms with Crippen molar-refractivity contribution in [2.45, 2.75) is 69.7 Å². The molecule has 3 rings (SSSR count). The van der Waals surface area contributed by atoms with Gasteiger partial charge in [0.1, 0.15) is 0 Å². The van der Waals surface area contributed by atoms with E-state index in [4.69, 9.17) is 4.74 Å². The second-order valence-corrected chi connectivity index (χ2v) is 10.1. The third-order valence-electron chi connectivity index (χ3n) is 6.07. The second kappa shape index (κ2) is 10.0. The minimum Gasteiger partial charge on any atom is -0.383 e. The Morgan fingerprint density at radius 3 is 2.72 bits per heavy atom. The summed E-state index contributed by atoms with van der Waals surface area (Å²) in [6.07, 6.45) is 7.74. The normalized spacial score (nSPS) is 22.0. The molecule has 1 saturated carbocycles. The first-order valence-electron chi connectivity index (χ1n) is 10.7. The van der Waals surface area contributed by atoms with Gasteiger partial charge >= 0.3 is 0 Å². The van der Waals surface area contributed by atoms with E-state index in [2.05, 4.69) is 15.2 Å². The van der Waals surface area contributed by atoms with Gasteiger partial charge in [0.2, 0.25) is 20.9 Å². The van der Waals surface area contributed by atoms with E-state index in [-0.39, 0.29) is 28.8 Å². The highest BCUT2D eigenvalue weighted by molar-refractivity contribution is 7.91. The lowest BCUT2D eigenvalue weighted by Gasteiger charge is -2.34. The predicted octanol–water partition coefficient (Wildman–Crippen LogP) is 1.59. The number of ether oxygens (including phenoxy) is 1. The SMILES string of the molecule is CC[C@H]1C(=O)NCCN1Cc1cnc(S(=O)(=O)CC2CCCCC2)n1CCOC. The van der Waals surface area contributed by atoms with Crippen LogP contribution in [0.5, 0.6) is 0 Å². The van der Waals surface area contributed by atoms with Gasteiger partial charge in [-0.1, -0.05) is 26.2 Å². The lowest BCUT2D eigenvalue weighted by atomic mass is 9.91. The van der Waals surface area contributed by atoms with Crippen LogP contribution in [0, 0.1) is 5.92 Å². The summed E-state index contributed by atoms with van der Waals surface area (Å²) < 4.78 is 33.3. The number of sulfone groups is 1. The number of amides is 1. The minimum atomic E-state index is -3.47. The van der Waals surface area contributed by atoms with Crippen LogP contribution in [0.2, 0.25) is 0 Å². The second-order valence-electron chi connectivity index (χ2n) is 8.15. The van der Waals surface area contributed by atoms with Gasteiger partial charge < -0.3 is 14.6 Å². The van der Waals surface area contributed by atoms with Crippen LogP contribution in [0.1, 0.15) is 51.1 Å². The van der Waals surface area contributed by atoms with Crippen LogP contribution in [0.4, 0.5) is 0 Å². The molecule has 1 amide bonds. The van der Waals surface area contributed by atoms with Crippen molar-refractivity contribution in [3.8, 4) is 0 Å². The number of methoxy groups -OCH3 is 1. The molecule has 2 fully saturated rings. The number of hydrogen-bond acceptors (Lipinski definition) is 6. The predicted molar refractivity (Wildman–Crippen MR) is 110 cm³/mol. The van der Waals surface area contributed by atoms with E-state index < -0.39 is 9.84 Å². The summed E-state index contributed by atoms with van der Waals surface area (Å²) in [4.78, 5) is 18.6. The summed E-state index contributed by atoms with van der Waals surface area (Å²) in [5, 5.41) is 3.05. The molecule has 2 aliphatic rings. The molecule has 1 aliphatic carbocycles. The largest absolute Gasteiger partial charge is 0.383 e. The Labute approximate surface area is 173 Å². The molecule has 164 valence electrons. The Bertz CT molecular complexity index is 786. The number of hydrogen-bond donors (Lipinski definition) is 1. The van der Waals surface area contributed by atoms with E-state index in [0.29, 0.717) is 32.7 Å². The van der Waals surface area contributed by atoms with Gasteiger partial charge in [-0.25, -0.2) is 13.4 Å². The summed E-state index contributed by atoms with van der Waals surface area (Å²) in [5.74, 6) is 0.423. The van der Waals surface area contributed by atoms with Crippen LogP contribution in [0.15, 0.2) is 11.4 Å². The third kappa shape index (κ3) is 5.38. The topological polar surface area (TPSA) is 93.5 Å². The Balaban J connectivity index is 1.83. The highest BCUT2D eigenvalue weighted by atomic mass is 32.2. The molecule has 8 nitrogen and oxygen atoms in total. The van der Waals surface area contributed by atoms with Gasteiger partial charge in [0, 0.05) is 33.3 Å². The van der Waals surface area contributed by atoms with Crippen LogP contribution < -0.4 is 5.32 Å². The molecule has 1 aliphatic heterocycles. The molecule has 9 heteroatoms. The number of imidazole rings is 1. The zero-order valence-corrected chi connectivity index (χ0v) is 18.4. The number of aromatic nitrogens is 2. The average molecular weight is 427 g/mol.